The molecule has 5 nitrogen and oxygen atoms in total. The minimum absolute atomic E-state index is 0.0477. The number of nitrogens with one attached hydrogen (secondary N) is 1. The molecule has 2 heterocycles. The summed E-state index contributed by atoms with van der Waals surface area (Å²) in [5, 5.41) is 13.7. The van der Waals surface area contributed by atoms with Gasteiger partial charge >= 0.3 is 0 Å². The molecule has 1 saturated heterocycles. The van der Waals surface area contributed by atoms with E-state index in [9.17, 15) is 10.1 Å². The Bertz CT molecular complexity index is 768. The number of rotatable bonds is 2. The molecule has 1 aromatic heterocycles. The molecule has 106 valence electrons. The number of likely N-dealkylation sites (tertiary alicyclic amines) is 1. The van der Waals surface area contributed by atoms with Crippen LogP contribution >= 0.6 is 11.6 Å². The number of anilines is 1. The van der Waals surface area contributed by atoms with Crippen molar-refractivity contribution >= 4 is 34.2 Å². The van der Waals surface area contributed by atoms with Gasteiger partial charge in [0.1, 0.15) is 11.9 Å². The summed E-state index contributed by atoms with van der Waals surface area (Å²) in [6.07, 6.45) is 0.734. The molecule has 1 aliphatic heterocycles. The Balaban J connectivity index is 1.99. The highest BCUT2D eigenvalue weighted by Gasteiger charge is 2.29. The van der Waals surface area contributed by atoms with Crippen LogP contribution in [-0.2, 0) is 4.79 Å². The summed E-state index contributed by atoms with van der Waals surface area (Å²) in [6, 6.07) is 8.75. The first-order valence-electron chi connectivity index (χ1n) is 6.60. The Kier molecular flexibility index (Phi) is 3.40. The average molecular weight is 301 g/mol. The van der Waals surface area contributed by atoms with E-state index in [4.69, 9.17) is 11.6 Å². The van der Waals surface area contributed by atoms with Crippen molar-refractivity contribution in [3.8, 4) is 6.07 Å². The van der Waals surface area contributed by atoms with E-state index in [1.807, 2.05) is 0 Å². The smallest absolute Gasteiger partial charge is 0.244 e. The first kappa shape index (κ1) is 13.7. The molecule has 1 N–H and O–H groups in total. The second-order valence-electron chi connectivity index (χ2n) is 5.07. The van der Waals surface area contributed by atoms with Crippen molar-refractivity contribution in [1.29, 1.82) is 5.26 Å². The zero-order valence-corrected chi connectivity index (χ0v) is 12.2. The number of carbonyl (C=O) groups is 1. The standard InChI is InChI=1S/C15H13ClN4O/c1-20-5-4-13(15(20)21)19-14-6-9(8-17)11-7-10(16)2-3-12(11)18-14/h2-3,6-7,13H,4-5H2,1H3,(H,18,19)/t13-/m1/s1. The van der Waals surface area contributed by atoms with Crippen molar-refractivity contribution < 1.29 is 4.79 Å². The molecule has 0 spiro atoms. The van der Waals surface area contributed by atoms with Crippen LogP contribution in [0.15, 0.2) is 24.3 Å². The maximum Gasteiger partial charge on any atom is 0.244 e. The minimum atomic E-state index is -0.279. The van der Waals surface area contributed by atoms with Crippen molar-refractivity contribution in [2.45, 2.75) is 12.5 Å². The highest BCUT2D eigenvalue weighted by atomic mass is 35.5. The van der Waals surface area contributed by atoms with Gasteiger partial charge in [0.2, 0.25) is 5.91 Å². The van der Waals surface area contributed by atoms with E-state index in [1.54, 1.807) is 36.2 Å². The van der Waals surface area contributed by atoms with Gasteiger partial charge < -0.3 is 10.2 Å². The summed E-state index contributed by atoms with van der Waals surface area (Å²) in [5.41, 5.74) is 1.17. The Morgan fingerprint density at radius 2 is 2.29 bits per heavy atom. The number of carbonyl (C=O) groups excluding carboxylic acids is 1. The quantitative estimate of drug-likeness (QED) is 0.924. The van der Waals surface area contributed by atoms with Gasteiger partial charge in [-0.3, -0.25) is 4.79 Å². The molecule has 3 rings (SSSR count). The Morgan fingerprint density at radius 1 is 1.48 bits per heavy atom. The molecule has 6 heteroatoms. The van der Waals surface area contributed by atoms with Crippen LogP contribution in [0.5, 0.6) is 0 Å². The van der Waals surface area contributed by atoms with Crippen molar-refractivity contribution in [2.75, 3.05) is 18.9 Å². The topological polar surface area (TPSA) is 69.0 Å². The number of fused-ring (bicyclic) bond motifs is 1. The van der Waals surface area contributed by atoms with Gasteiger partial charge in [0, 0.05) is 24.0 Å². The van der Waals surface area contributed by atoms with Crippen molar-refractivity contribution in [2.24, 2.45) is 0 Å². The van der Waals surface area contributed by atoms with Gasteiger partial charge in [-0.25, -0.2) is 4.98 Å². The number of benzene rings is 1. The Hall–Kier alpha value is -2.32. The van der Waals surface area contributed by atoms with E-state index >= 15 is 0 Å². The molecule has 0 saturated carbocycles. The number of nitrogens with zero attached hydrogens (tertiary/aromatic N) is 3. The summed E-state index contributed by atoms with van der Waals surface area (Å²) in [6.45, 7) is 0.727. The number of hydrogen-bond donors (Lipinski definition) is 1. The van der Waals surface area contributed by atoms with Crippen molar-refractivity contribution in [1.82, 2.24) is 9.88 Å². The van der Waals surface area contributed by atoms with Gasteiger partial charge in [-0.05, 0) is 30.7 Å². The van der Waals surface area contributed by atoms with E-state index in [0.717, 1.165) is 13.0 Å². The number of aromatic nitrogens is 1. The largest absolute Gasteiger partial charge is 0.358 e. The normalized spacial score (nSPS) is 18.0. The number of amides is 1. The van der Waals surface area contributed by atoms with E-state index in [2.05, 4.69) is 16.4 Å². The van der Waals surface area contributed by atoms with Crippen LogP contribution < -0.4 is 5.32 Å². The molecule has 1 atom stereocenters. The molecule has 0 unspecified atom stereocenters. The van der Waals surface area contributed by atoms with Crippen LogP contribution in [0.4, 0.5) is 5.82 Å². The monoisotopic (exact) mass is 300 g/mol. The summed E-state index contributed by atoms with van der Waals surface area (Å²) in [5.74, 6) is 0.585. The van der Waals surface area contributed by atoms with Crippen LogP contribution in [0.2, 0.25) is 5.02 Å². The number of pyridine rings is 1. The highest BCUT2D eigenvalue weighted by molar-refractivity contribution is 6.31. The molecule has 0 aliphatic carbocycles. The number of nitriles is 1. The lowest BCUT2D eigenvalue weighted by Gasteiger charge is -2.13. The van der Waals surface area contributed by atoms with Crippen LogP contribution in [0.25, 0.3) is 10.9 Å². The maximum atomic E-state index is 11.9. The molecular formula is C15H13ClN4O. The first-order chi connectivity index (χ1) is 10.1. The summed E-state index contributed by atoms with van der Waals surface area (Å²) < 4.78 is 0. The molecule has 1 aliphatic rings. The predicted octanol–water partition coefficient (Wildman–Crippen LogP) is 2.40. The predicted molar refractivity (Wildman–Crippen MR) is 81.1 cm³/mol. The molecule has 1 fully saturated rings. The molecule has 1 amide bonds. The van der Waals surface area contributed by atoms with E-state index in [0.29, 0.717) is 27.3 Å². The van der Waals surface area contributed by atoms with Gasteiger partial charge in [-0.2, -0.15) is 5.26 Å². The van der Waals surface area contributed by atoms with Crippen molar-refractivity contribution in [3.05, 3.63) is 34.9 Å². The van der Waals surface area contributed by atoms with Crippen molar-refractivity contribution in [3.63, 3.8) is 0 Å². The average Bonchev–Trinajstić information content (AvgIpc) is 2.79. The summed E-state index contributed by atoms with van der Waals surface area (Å²) in [7, 11) is 1.78. The highest BCUT2D eigenvalue weighted by Crippen LogP contribution is 2.25. The molecule has 0 radical (unpaired) electrons. The molecule has 21 heavy (non-hydrogen) atoms. The van der Waals surface area contributed by atoms with Crippen LogP contribution in [0, 0.1) is 11.3 Å². The third-order valence-corrected chi connectivity index (χ3v) is 3.88. The lowest BCUT2D eigenvalue weighted by molar-refractivity contribution is -0.127. The van der Waals surface area contributed by atoms with Gasteiger partial charge in [0.05, 0.1) is 17.1 Å². The van der Waals surface area contributed by atoms with Gasteiger partial charge in [0.25, 0.3) is 0 Å². The lowest BCUT2D eigenvalue weighted by atomic mass is 10.1. The molecule has 2 aromatic rings. The zero-order chi connectivity index (χ0) is 15.0. The molecule has 0 bridgehead atoms. The Morgan fingerprint density at radius 3 is 2.95 bits per heavy atom. The fourth-order valence-electron chi connectivity index (χ4n) is 2.50. The van der Waals surface area contributed by atoms with Gasteiger partial charge in [0.15, 0.2) is 0 Å². The SMILES string of the molecule is CN1CC[C@@H](Nc2cc(C#N)c3cc(Cl)ccc3n2)C1=O. The number of hydrogen-bond acceptors (Lipinski definition) is 4. The van der Waals surface area contributed by atoms with Crippen LogP contribution in [0.1, 0.15) is 12.0 Å². The fourth-order valence-corrected chi connectivity index (χ4v) is 2.67. The molecular weight excluding hydrogens is 288 g/mol. The maximum absolute atomic E-state index is 11.9. The Labute approximate surface area is 127 Å². The van der Waals surface area contributed by atoms with Gasteiger partial charge in [-0.1, -0.05) is 11.6 Å². The number of halogens is 1. The zero-order valence-electron chi connectivity index (χ0n) is 11.4. The van der Waals surface area contributed by atoms with Gasteiger partial charge in [-0.15, -0.1) is 0 Å². The minimum Gasteiger partial charge on any atom is -0.358 e. The molecule has 1 aromatic carbocycles. The van der Waals surface area contributed by atoms with E-state index in [1.165, 1.54) is 0 Å². The number of likely N-dealkylation sites (N-methyl/N-ethyl adjacent to an activating group) is 1. The lowest BCUT2D eigenvalue weighted by Crippen LogP contribution is -2.31. The first-order valence-corrected chi connectivity index (χ1v) is 6.98. The van der Waals surface area contributed by atoms with Crippen LogP contribution in [0.3, 0.4) is 0 Å². The fraction of sp³-hybridized carbons (Fsp3) is 0.267. The third kappa shape index (κ3) is 2.50. The summed E-state index contributed by atoms with van der Waals surface area (Å²) in [4.78, 5) is 18.1. The second-order valence-corrected chi connectivity index (χ2v) is 5.51. The third-order valence-electron chi connectivity index (χ3n) is 3.64. The van der Waals surface area contributed by atoms with E-state index < -0.39 is 0 Å². The van der Waals surface area contributed by atoms with E-state index in [-0.39, 0.29) is 11.9 Å². The van der Waals surface area contributed by atoms with Crippen LogP contribution in [-0.4, -0.2) is 35.4 Å². The summed E-state index contributed by atoms with van der Waals surface area (Å²) >= 11 is 5.96. The second kappa shape index (κ2) is 5.23.